The van der Waals surface area contributed by atoms with E-state index in [9.17, 15) is 18.4 Å². The lowest BCUT2D eigenvalue weighted by Gasteiger charge is -2.18. The zero-order valence-electron chi connectivity index (χ0n) is 16.9. The number of nitrogens with one attached hydrogen (secondary N) is 1. The molecule has 0 bridgehead atoms. The Labute approximate surface area is 190 Å². The van der Waals surface area contributed by atoms with Gasteiger partial charge in [0, 0.05) is 18.4 Å². The summed E-state index contributed by atoms with van der Waals surface area (Å²) in [6, 6.07) is 10.5. The summed E-state index contributed by atoms with van der Waals surface area (Å²) in [5.74, 6) is -2.42. The third kappa shape index (κ3) is 4.76. The van der Waals surface area contributed by atoms with Crippen LogP contribution in [0.15, 0.2) is 57.7 Å². The molecule has 0 spiro atoms. The SMILES string of the molecule is CC(=O)N(c1nc(C=C2SC(=Nc3cccc(C)c3)NC2=O)cs1)c1ccc(F)cc1F. The van der Waals surface area contributed by atoms with Crippen LogP contribution < -0.4 is 10.2 Å². The van der Waals surface area contributed by atoms with E-state index in [0.29, 0.717) is 21.8 Å². The Kier molecular flexibility index (Phi) is 6.15. The molecule has 1 aromatic heterocycles. The molecule has 1 aliphatic heterocycles. The van der Waals surface area contributed by atoms with Crippen LogP contribution in [-0.4, -0.2) is 22.0 Å². The summed E-state index contributed by atoms with van der Waals surface area (Å²) >= 11 is 2.27. The number of amides is 2. The van der Waals surface area contributed by atoms with Crippen LogP contribution in [0.25, 0.3) is 6.08 Å². The molecule has 162 valence electrons. The molecule has 1 aliphatic rings. The van der Waals surface area contributed by atoms with Crippen LogP contribution in [0.4, 0.5) is 25.3 Å². The highest BCUT2D eigenvalue weighted by Crippen LogP contribution is 2.33. The Hall–Kier alpha value is -3.37. The molecule has 1 N–H and O–H groups in total. The summed E-state index contributed by atoms with van der Waals surface area (Å²) < 4.78 is 27.5. The number of thioether (sulfide) groups is 1. The fraction of sp³-hybridized carbons (Fsp3) is 0.0909. The minimum Gasteiger partial charge on any atom is -0.300 e. The van der Waals surface area contributed by atoms with E-state index in [-0.39, 0.29) is 16.7 Å². The van der Waals surface area contributed by atoms with E-state index in [4.69, 9.17) is 0 Å². The summed E-state index contributed by atoms with van der Waals surface area (Å²) in [5.41, 5.74) is 2.10. The zero-order valence-corrected chi connectivity index (χ0v) is 18.6. The van der Waals surface area contributed by atoms with Crippen molar-refractivity contribution in [1.82, 2.24) is 10.3 Å². The monoisotopic (exact) mass is 470 g/mol. The van der Waals surface area contributed by atoms with E-state index in [1.54, 1.807) is 11.5 Å². The van der Waals surface area contributed by atoms with Crippen molar-refractivity contribution in [2.75, 3.05) is 4.90 Å². The fourth-order valence-electron chi connectivity index (χ4n) is 2.94. The molecule has 0 radical (unpaired) electrons. The smallest absolute Gasteiger partial charge is 0.264 e. The van der Waals surface area contributed by atoms with Crippen molar-refractivity contribution < 1.29 is 18.4 Å². The van der Waals surface area contributed by atoms with Gasteiger partial charge in [0.05, 0.1) is 22.0 Å². The highest BCUT2D eigenvalue weighted by Gasteiger charge is 2.25. The summed E-state index contributed by atoms with van der Waals surface area (Å²) in [6.45, 7) is 3.22. The number of aliphatic imine (C=N–C) groups is 1. The molecule has 0 aliphatic carbocycles. The minimum absolute atomic E-state index is 0.104. The van der Waals surface area contributed by atoms with Crippen LogP contribution in [0.3, 0.4) is 0 Å². The molecule has 1 saturated heterocycles. The Morgan fingerprint density at radius 3 is 2.75 bits per heavy atom. The second kappa shape index (κ2) is 9.01. The van der Waals surface area contributed by atoms with Crippen molar-refractivity contribution in [1.29, 1.82) is 0 Å². The van der Waals surface area contributed by atoms with Gasteiger partial charge in [-0.1, -0.05) is 12.1 Å². The second-order valence-electron chi connectivity index (χ2n) is 6.83. The molecule has 4 rings (SSSR count). The highest BCUT2D eigenvalue weighted by atomic mass is 32.2. The Morgan fingerprint density at radius 1 is 1.22 bits per heavy atom. The van der Waals surface area contributed by atoms with Gasteiger partial charge in [-0.25, -0.2) is 18.8 Å². The van der Waals surface area contributed by atoms with Gasteiger partial charge in [0.1, 0.15) is 11.6 Å². The quantitative estimate of drug-likeness (QED) is 0.525. The van der Waals surface area contributed by atoms with Gasteiger partial charge in [-0.2, -0.15) is 0 Å². The number of nitrogens with zero attached hydrogens (tertiary/aromatic N) is 3. The van der Waals surface area contributed by atoms with Crippen molar-refractivity contribution in [3.8, 4) is 0 Å². The van der Waals surface area contributed by atoms with Gasteiger partial charge >= 0.3 is 0 Å². The van der Waals surface area contributed by atoms with E-state index in [1.165, 1.54) is 24.8 Å². The van der Waals surface area contributed by atoms with Crippen molar-refractivity contribution in [3.63, 3.8) is 0 Å². The summed E-state index contributed by atoms with van der Waals surface area (Å²) in [5, 5.41) is 5.00. The predicted octanol–water partition coefficient (Wildman–Crippen LogP) is 5.31. The van der Waals surface area contributed by atoms with E-state index in [0.717, 1.165) is 33.6 Å². The first kappa shape index (κ1) is 21.8. The van der Waals surface area contributed by atoms with E-state index in [1.807, 2.05) is 31.2 Å². The molecule has 0 atom stereocenters. The molecular weight excluding hydrogens is 454 g/mol. The van der Waals surface area contributed by atoms with E-state index < -0.39 is 17.5 Å². The number of rotatable bonds is 4. The first-order chi connectivity index (χ1) is 15.3. The van der Waals surface area contributed by atoms with E-state index in [2.05, 4.69) is 15.3 Å². The van der Waals surface area contributed by atoms with Gasteiger partial charge < -0.3 is 5.32 Å². The number of halogens is 2. The largest absolute Gasteiger partial charge is 0.300 e. The van der Waals surface area contributed by atoms with Crippen molar-refractivity contribution in [3.05, 3.63) is 75.6 Å². The zero-order chi connectivity index (χ0) is 22.8. The van der Waals surface area contributed by atoms with Gasteiger partial charge in [-0.15, -0.1) is 11.3 Å². The van der Waals surface area contributed by atoms with Gasteiger partial charge in [-0.3, -0.25) is 14.5 Å². The van der Waals surface area contributed by atoms with Gasteiger partial charge in [0.15, 0.2) is 10.3 Å². The molecule has 1 fully saturated rings. The predicted molar refractivity (Wildman–Crippen MR) is 123 cm³/mol. The van der Waals surface area contributed by atoms with Crippen LogP contribution in [-0.2, 0) is 9.59 Å². The molecule has 10 heteroatoms. The van der Waals surface area contributed by atoms with Crippen LogP contribution in [0.1, 0.15) is 18.2 Å². The number of aryl methyl sites for hydroxylation is 1. The number of carbonyl (C=O) groups is 2. The number of benzene rings is 2. The lowest BCUT2D eigenvalue weighted by molar-refractivity contribution is -0.116. The molecule has 32 heavy (non-hydrogen) atoms. The summed E-state index contributed by atoms with van der Waals surface area (Å²) in [4.78, 5) is 34.7. The molecule has 3 aromatic rings. The number of amidine groups is 1. The third-order valence-corrected chi connectivity index (χ3v) is 6.08. The van der Waals surface area contributed by atoms with Gasteiger partial charge in [-0.05, 0) is 54.6 Å². The Balaban J connectivity index is 1.59. The fourth-order valence-corrected chi connectivity index (χ4v) is 4.61. The number of thiazole rings is 1. The number of hydrogen-bond acceptors (Lipinski definition) is 6. The maximum atomic E-state index is 14.2. The summed E-state index contributed by atoms with van der Waals surface area (Å²) in [6.07, 6.45) is 1.57. The van der Waals surface area contributed by atoms with Gasteiger partial charge in [0.2, 0.25) is 5.91 Å². The maximum absolute atomic E-state index is 14.2. The summed E-state index contributed by atoms with van der Waals surface area (Å²) in [7, 11) is 0. The third-order valence-electron chi connectivity index (χ3n) is 4.33. The Bertz CT molecular complexity index is 1290. The lowest BCUT2D eigenvalue weighted by atomic mass is 10.2. The maximum Gasteiger partial charge on any atom is 0.264 e. The molecule has 2 amide bonds. The minimum atomic E-state index is -0.877. The first-order valence-electron chi connectivity index (χ1n) is 9.37. The molecule has 2 heterocycles. The lowest BCUT2D eigenvalue weighted by Crippen LogP contribution is -2.23. The molecule has 0 unspecified atom stereocenters. The molecule has 6 nitrogen and oxygen atoms in total. The molecule has 0 saturated carbocycles. The average Bonchev–Trinajstić information content (AvgIpc) is 3.30. The van der Waals surface area contributed by atoms with Crippen LogP contribution in [0.5, 0.6) is 0 Å². The van der Waals surface area contributed by atoms with E-state index >= 15 is 0 Å². The van der Waals surface area contributed by atoms with Crippen LogP contribution in [0.2, 0.25) is 0 Å². The van der Waals surface area contributed by atoms with Crippen LogP contribution >= 0.6 is 23.1 Å². The van der Waals surface area contributed by atoms with Gasteiger partial charge in [0.25, 0.3) is 5.91 Å². The average molecular weight is 471 g/mol. The standard InChI is InChI=1S/C22H16F2N4O2S2/c1-12-4-3-5-15(8-12)25-21-27-20(30)19(32-21)10-16-11-31-22(26-16)28(13(2)29)18-7-6-14(23)9-17(18)24/h3-11H,1-2H3,(H,25,27,30). The Morgan fingerprint density at radius 2 is 2.03 bits per heavy atom. The van der Waals surface area contributed by atoms with Crippen molar-refractivity contribution in [2.24, 2.45) is 4.99 Å². The normalized spacial score (nSPS) is 15.9. The second-order valence-corrected chi connectivity index (χ2v) is 8.69. The highest BCUT2D eigenvalue weighted by molar-refractivity contribution is 8.18. The van der Waals surface area contributed by atoms with Crippen molar-refractivity contribution >= 4 is 62.7 Å². The van der Waals surface area contributed by atoms with Crippen molar-refractivity contribution in [2.45, 2.75) is 13.8 Å². The van der Waals surface area contributed by atoms with Crippen LogP contribution in [0, 0.1) is 18.6 Å². The number of hydrogen-bond donors (Lipinski definition) is 1. The number of aromatic nitrogens is 1. The topological polar surface area (TPSA) is 74.7 Å². The molecular formula is C22H16F2N4O2S2. The molecule has 2 aromatic carbocycles. The number of carbonyl (C=O) groups excluding carboxylic acids is 2. The first-order valence-corrected chi connectivity index (χ1v) is 11.1. The number of anilines is 2.